The number of hydrogen-bond acceptors (Lipinski definition) is 14. The number of aliphatic carboxylic acids is 1. The number of nitrogens with one attached hydrogen (secondary N) is 6. The molecule has 0 atom stereocenters. The third kappa shape index (κ3) is 31.0. The van der Waals surface area contributed by atoms with Crippen molar-refractivity contribution in [2.45, 2.75) is 65.0 Å². The number of alkyl carbamates (subject to hydrolysis) is 4. The third-order valence-corrected chi connectivity index (χ3v) is 11.6. The number of hydrogen-bond donors (Lipinski definition) is 7. The molecule has 0 heterocycles. The van der Waals surface area contributed by atoms with Gasteiger partial charge in [-0.15, -0.1) is 0 Å². The van der Waals surface area contributed by atoms with Gasteiger partial charge < -0.3 is 56.0 Å². The second-order valence-corrected chi connectivity index (χ2v) is 18.0. The lowest BCUT2D eigenvalue weighted by molar-refractivity contribution is -0.138. The zero-order chi connectivity index (χ0) is 55.0. The van der Waals surface area contributed by atoms with Crippen molar-refractivity contribution >= 4 is 42.2 Å². The van der Waals surface area contributed by atoms with Crippen molar-refractivity contribution in [1.82, 2.24) is 46.6 Å². The van der Waals surface area contributed by atoms with Gasteiger partial charge in [0.05, 0.1) is 19.6 Å². The number of carbonyl (C=O) groups is 7. The first-order chi connectivity index (χ1) is 37.5. The minimum atomic E-state index is -1.000. The van der Waals surface area contributed by atoms with Gasteiger partial charge in [0.1, 0.15) is 26.4 Å². The zero-order valence-electron chi connectivity index (χ0n) is 44.0. The zero-order valence-corrected chi connectivity index (χ0v) is 44.0. The van der Waals surface area contributed by atoms with E-state index in [4.69, 9.17) is 18.9 Å². The number of benzene rings is 4. The summed E-state index contributed by atoms with van der Waals surface area (Å²) in [5, 5.41) is 26.5. The maximum atomic E-state index is 13.2. The third-order valence-electron chi connectivity index (χ3n) is 11.6. The molecule has 0 aliphatic carbocycles. The first-order valence-electron chi connectivity index (χ1n) is 26.2. The van der Waals surface area contributed by atoms with Crippen LogP contribution in [-0.2, 0) is 59.8 Å². The molecule has 21 nitrogen and oxygen atoms in total. The molecule has 0 aliphatic heterocycles. The highest BCUT2D eigenvalue weighted by atomic mass is 16.6. The number of carboxylic acid groups (broad SMARTS) is 1. The number of carbonyl (C=O) groups excluding carboxylic acids is 6. The number of rotatable bonds is 38. The van der Waals surface area contributed by atoms with E-state index in [-0.39, 0.29) is 57.9 Å². The molecule has 0 saturated heterocycles. The molecule has 0 saturated carbocycles. The molecule has 0 aliphatic rings. The van der Waals surface area contributed by atoms with E-state index in [9.17, 15) is 38.7 Å². The highest BCUT2D eigenvalue weighted by Crippen LogP contribution is 2.05. The molecule has 0 spiro atoms. The molecule has 0 unspecified atom stereocenters. The molecule has 0 aromatic heterocycles. The van der Waals surface area contributed by atoms with E-state index in [1.165, 1.54) is 0 Å². The van der Waals surface area contributed by atoms with Crippen molar-refractivity contribution in [3.8, 4) is 0 Å². The van der Waals surface area contributed by atoms with Crippen molar-refractivity contribution < 1.29 is 57.6 Å². The molecule has 0 fully saturated rings. The molecule has 6 amide bonds. The molecule has 0 radical (unpaired) electrons. The van der Waals surface area contributed by atoms with E-state index in [2.05, 4.69) is 31.9 Å². The second-order valence-electron chi connectivity index (χ2n) is 18.0. The highest BCUT2D eigenvalue weighted by molar-refractivity contribution is 5.78. The Labute approximate surface area is 451 Å². The quantitative estimate of drug-likeness (QED) is 0.0223. The van der Waals surface area contributed by atoms with Crippen LogP contribution in [-0.4, -0.2) is 160 Å². The fourth-order valence-corrected chi connectivity index (χ4v) is 7.65. The van der Waals surface area contributed by atoms with Gasteiger partial charge in [-0.25, -0.2) is 19.2 Å². The first kappa shape index (κ1) is 61.8. The molecule has 0 bridgehead atoms. The van der Waals surface area contributed by atoms with E-state index in [1.807, 2.05) is 131 Å². The Bertz CT molecular complexity index is 2020. The highest BCUT2D eigenvalue weighted by Gasteiger charge is 2.16. The number of ether oxygens (including phenoxy) is 4. The van der Waals surface area contributed by atoms with Crippen molar-refractivity contribution in [2.75, 3.05) is 98.2 Å². The van der Waals surface area contributed by atoms with Crippen LogP contribution in [0, 0.1) is 0 Å². The van der Waals surface area contributed by atoms with E-state index in [1.54, 1.807) is 4.90 Å². The van der Waals surface area contributed by atoms with Crippen LogP contribution in [0.3, 0.4) is 0 Å². The van der Waals surface area contributed by atoms with Crippen LogP contribution in [0.5, 0.6) is 0 Å². The summed E-state index contributed by atoms with van der Waals surface area (Å²) in [5.41, 5.74) is 3.47. The van der Waals surface area contributed by atoms with Gasteiger partial charge in [0, 0.05) is 78.5 Å². The Morgan fingerprint density at radius 1 is 0.325 bits per heavy atom. The number of amides is 6. The van der Waals surface area contributed by atoms with Gasteiger partial charge in [0.15, 0.2) is 0 Å². The molecule has 4 aromatic rings. The van der Waals surface area contributed by atoms with E-state index in [0.717, 1.165) is 22.3 Å². The van der Waals surface area contributed by atoms with E-state index >= 15 is 0 Å². The lowest BCUT2D eigenvalue weighted by atomic mass is 10.2. The lowest BCUT2D eigenvalue weighted by Crippen LogP contribution is -2.41. The molecule has 4 rings (SSSR count). The molecule has 418 valence electrons. The number of nitrogens with zero attached hydrogens (tertiary/aromatic N) is 3. The van der Waals surface area contributed by atoms with Crippen LogP contribution in [0.2, 0.25) is 0 Å². The summed E-state index contributed by atoms with van der Waals surface area (Å²) < 4.78 is 21.2. The summed E-state index contributed by atoms with van der Waals surface area (Å²) in [6.07, 6.45) is 0.898. The van der Waals surface area contributed by atoms with Gasteiger partial charge in [-0.1, -0.05) is 121 Å². The van der Waals surface area contributed by atoms with Gasteiger partial charge in [0.2, 0.25) is 11.8 Å². The fourth-order valence-electron chi connectivity index (χ4n) is 7.65. The predicted molar refractivity (Wildman–Crippen MR) is 289 cm³/mol. The minimum Gasteiger partial charge on any atom is -0.480 e. The number of carboxylic acids is 1. The van der Waals surface area contributed by atoms with Crippen LogP contribution in [0.1, 0.15) is 60.8 Å². The first-order valence-corrected chi connectivity index (χ1v) is 26.2. The van der Waals surface area contributed by atoms with Crippen LogP contribution in [0.4, 0.5) is 19.2 Å². The van der Waals surface area contributed by atoms with Crippen molar-refractivity contribution in [3.63, 3.8) is 0 Å². The maximum absolute atomic E-state index is 13.2. The van der Waals surface area contributed by atoms with Crippen molar-refractivity contribution in [3.05, 3.63) is 144 Å². The van der Waals surface area contributed by atoms with E-state index in [0.29, 0.717) is 117 Å². The Balaban J connectivity index is 1.16. The van der Waals surface area contributed by atoms with Gasteiger partial charge in [-0.3, -0.25) is 29.1 Å². The summed E-state index contributed by atoms with van der Waals surface area (Å²) >= 11 is 0. The molecule has 77 heavy (non-hydrogen) atoms. The van der Waals surface area contributed by atoms with Crippen molar-refractivity contribution in [1.29, 1.82) is 0 Å². The lowest BCUT2D eigenvalue weighted by Gasteiger charge is -2.23. The molecular formula is C56H77N9O12. The maximum Gasteiger partial charge on any atom is 0.407 e. The predicted octanol–water partition coefficient (Wildman–Crippen LogP) is 5.26. The standard InChI is InChI=1S/C56H77N9O12/c66-50(39-63(33-15-29-59-53(70)74-42-46-19-5-1-6-20-46)34-16-30-60-54(71)75-43-47-21-7-2-8-22-47)57-27-13-37-65(41-52(68)69)38-14-28-58-51(67)40-64(35-17-31-61-55(72)76-44-48-23-9-3-10-24-48)36-18-32-62-56(73)77-45-49-25-11-4-12-26-49/h1-12,19-26H,13-18,27-45H2,(H,57,66)(H,58,67)(H,59,70)(H,60,71)(H,61,72)(H,62,73)(H,68,69). The molecular weight excluding hydrogens is 991 g/mol. The summed E-state index contributed by atoms with van der Waals surface area (Å²) in [7, 11) is 0. The summed E-state index contributed by atoms with van der Waals surface area (Å²) in [4.78, 5) is 92.9. The van der Waals surface area contributed by atoms with Crippen LogP contribution in [0.15, 0.2) is 121 Å². The molecule has 21 heteroatoms. The summed E-state index contributed by atoms with van der Waals surface area (Å²) in [5.74, 6) is -1.46. The Morgan fingerprint density at radius 3 is 0.779 bits per heavy atom. The van der Waals surface area contributed by atoms with Crippen molar-refractivity contribution in [2.24, 2.45) is 0 Å². The van der Waals surface area contributed by atoms with Crippen LogP contribution < -0.4 is 31.9 Å². The van der Waals surface area contributed by atoms with Gasteiger partial charge in [-0.2, -0.15) is 0 Å². The average molecular weight is 1070 g/mol. The largest absolute Gasteiger partial charge is 0.480 e. The smallest absolute Gasteiger partial charge is 0.407 e. The fraction of sp³-hybridized carbons (Fsp3) is 0.446. The monoisotopic (exact) mass is 1070 g/mol. The van der Waals surface area contributed by atoms with Gasteiger partial charge in [-0.05, 0) is 60.8 Å². The summed E-state index contributed by atoms with van der Waals surface area (Å²) in [6, 6.07) is 37.4. The Morgan fingerprint density at radius 2 is 0.545 bits per heavy atom. The summed E-state index contributed by atoms with van der Waals surface area (Å²) in [6.45, 7) is 5.04. The minimum absolute atomic E-state index is 0.0638. The Hall–Kier alpha value is -7.75. The normalized spacial score (nSPS) is 10.8. The van der Waals surface area contributed by atoms with Gasteiger partial charge in [0.25, 0.3) is 0 Å². The van der Waals surface area contributed by atoms with E-state index < -0.39 is 30.3 Å². The second kappa shape index (κ2) is 38.7. The Kier molecular flexibility index (Phi) is 31.1. The van der Waals surface area contributed by atoms with Crippen LogP contribution in [0.25, 0.3) is 0 Å². The topological polar surface area (TPSA) is 259 Å². The SMILES string of the molecule is O=C(O)CN(CCCNC(=O)CN(CCCNC(=O)OCc1ccccc1)CCCNC(=O)OCc1ccccc1)CCCNC(=O)CN(CCCNC(=O)OCc1ccccc1)CCCNC(=O)OCc1ccccc1. The molecule has 4 aromatic carbocycles. The average Bonchev–Trinajstić information content (AvgIpc) is 3.44. The van der Waals surface area contributed by atoms with Crippen LogP contribution >= 0.6 is 0 Å². The van der Waals surface area contributed by atoms with Gasteiger partial charge >= 0.3 is 30.3 Å². The molecule has 7 N–H and O–H groups in total.